The van der Waals surface area contributed by atoms with Gasteiger partial charge in [-0.15, -0.1) is 11.3 Å². The van der Waals surface area contributed by atoms with Crippen molar-refractivity contribution in [3.05, 3.63) is 17.3 Å². The van der Waals surface area contributed by atoms with E-state index in [2.05, 4.69) is 27.9 Å². The lowest BCUT2D eigenvalue weighted by Crippen LogP contribution is -2.23. The maximum atomic E-state index is 5.38. The Balaban J connectivity index is 2.23. The van der Waals surface area contributed by atoms with Crippen LogP contribution in [0.2, 0.25) is 0 Å². The fourth-order valence-corrected chi connectivity index (χ4v) is 2.75. The highest BCUT2D eigenvalue weighted by Crippen LogP contribution is 2.29. The first-order chi connectivity index (χ1) is 8.76. The summed E-state index contributed by atoms with van der Waals surface area (Å²) in [5, 5.41) is 1.15. The molecule has 2 rings (SSSR count). The van der Waals surface area contributed by atoms with Crippen molar-refractivity contribution >= 4 is 27.4 Å². The lowest BCUT2D eigenvalue weighted by atomic mass is 10.3. The molecule has 0 aromatic carbocycles. The van der Waals surface area contributed by atoms with Crippen molar-refractivity contribution < 1.29 is 4.74 Å². The molecular weight excluding hydrogens is 246 g/mol. The van der Waals surface area contributed by atoms with E-state index in [9.17, 15) is 0 Å². The Kier molecular flexibility index (Phi) is 4.49. The summed E-state index contributed by atoms with van der Waals surface area (Å²) in [5.74, 6) is 0.996. The average Bonchev–Trinajstić information content (AvgIpc) is 2.81. The number of anilines is 1. The van der Waals surface area contributed by atoms with Crippen LogP contribution in [0, 0.1) is 0 Å². The second kappa shape index (κ2) is 6.11. The Labute approximate surface area is 112 Å². The molecule has 0 amide bonds. The highest BCUT2D eigenvalue weighted by atomic mass is 32.1. The topological polar surface area (TPSA) is 38.2 Å². The van der Waals surface area contributed by atoms with Gasteiger partial charge in [-0.3, -0.25) is 0 Å². The summed E-state index contributed by atoms with van der Waals surface area (Å²) in [5.41, 5.74) is 0. The normalized spacial score (nSPS) is 11.1. The van der Waals surface area contributed by atoms with Crippen LogP contribution in [0.25, 0.3) is 10.2 Å². The number of hydrogen-bond donors (Lipinski definition) is 0. The highest BCUT2D eigenvalue weighted by molar-refractivity contribution is 7.18. The molecule has 4 nitrogen and oxygen atoms in total. The van der Waals surface area contributed by atoms with Gasteiger partial charge in [-0.1, -0.05) is 6.92 Å². The first-order valence-corrected chi connectivity index (χ1v) is 7.10. The number of fused-ring (bicyclic) bond motifs is 1. The summed E-state index contributed by atoms with van der Waals surface area (Å²) < 4.78 is 5.38. The zero-order chi connectivity index (χ0) is 13.0. The van der Waals surface area contributed by atoms with Gasteiger partial charge in [-0.2, -0.15) is 0 Å². The van der Waals surface area contributed by atoms with Crippen LogP contribution in [0.3, 0.4) is 0 Å². The number of aryl methyl sites for hydroxylation is 1. The number of hydrogen-bond acceptors (Lipinski definition) is 5. The summed E-state index contributed by atoms with van der Waals surface area (Å²) >= 11 is 1.75. The fraction of sp³-hybridized carbons (Fsp3) is 0.538. The average molecular weight is 265 g/mol. The van der Waals surface area contributed by atoms with E-state index in [4.69, 9.17) is 4.74 Å². The molecule has 0 spiro atoms. The summed E-state index contributed by atoms with van der Waals surface area (Å²) in [6.07, 6.45) is 2.69. The Hall–Kier alpha value is -1.20. The second-order valence-electron chi connectivity index (χ2n) is 4.10. The SMILES string of the molecule is CCOCCN(C)c1ncnc2sc(CC)cc12. The minimum Gasteiger partial charge on any atom is -0.380 e. The summed E-state index contributed by atoms with van der Waals surface area (Å²) in [6.45, 7) is 6.50. The van der Waals surface area contributed by atoms with Crippen LogP contribution in [-0.2, 0) is 11.2 Å². The molecule has 18 heavy (non-hydrogen) atoms. The Morgan fingerprint density at radius 1 is 1.33 bits per heavy atom. The van der Waals surface area contributed by atoms with Gasteiger partial charge in [-0.25, -0.2) is 9.97 Å². The number of ether oxygens (including phenoxy) is 1. The van der Waals surface area contributed by atoms with Gasteiger partial charge in [0.05, 0.1) is 12.0 Å². The van der Waals surface area contributed by atoms with Crippen LogP contribution < -0.4 is 4.90 Å². The highest BCUT2D eigenvalue weighted by Gasteiger charge is 2.11. The zero-order valence-electron chi connectivity index (χ0n) is 11.1. The predicted octanol–water partition coefficient (Wildman–Crippen LogP) is 2.73. The molecule has 0 N–H and O–H groups in total. The number of likely N-dealkylation sites (N-methyl/N-ethyl adjacent to an activating group) is 1. The van der Waals surface area contributed by atoms with E-state index < -0.39 is 0 Å². The van der Waals surface area contributed by atoms with Crippen molar-refractivity contribution in [1.82, 2.24) is 9.97 Å². The van der Waals surface area contributed by atoms with Crippen LogP contribution in [0.1, 0.15) is 18.7 Å². The smallest absolute Gasteiger partial charge is 0.140 e. The third-order valence-corrected chi connectivity index (χ3v) is 4.03. The van der Waals surface area contributed by atoms with Gasteiger partial charge in [-0.05, 0) is 19.4 Å². The summed E-state index contributed by atoms with van der Waals surface area (Å²) in [6, 6.07) is 2.20. The number of aromatic nitrogens is 2. The van der Waals surface area contributed by atoms with Crippen LogP contribution in [0.5, 0.6) is 0 Å². The van der Waals surface area contributed by atoms with Gasteiger partial charge in [0, 0.05) is 25.1 Å². The molecule has 0 atom stereocenters. The monoisotopic (exact) mass is 265 g/mol. The third kappa shape index (κ3) is 2.79. The Morgan fingerprint density at radius 2 is 2.17 bits per heavy atom. The van der Waals surface area contributed by atoms with Gasteiger partial charge in [0.1, 0.15) is 17.0 Å². The molecule has 0 aliphatic rings. The van der Waals surface area contributed by atoms with Crippen molar-refractivity contribution in [3.63, 3.8) is 0 Å². The molecule has 98 valence electrons. The van der Waals surface area contributed by atoms with Gasteiger partial charge in [0.25, 0.3) is 0 Å². The van der Waals surface area contributed by atoms with E-state index in [1.165, 1.54) is 4.88 Å². The molecule has 0 fully saturated rings. The van der Waals surface area contributed by atoms with E-state index in [0.717, 1.165) is 42.2 Å². The van der Waals surface area contributed by atoms with Crippen molar-refractivity contribution in [2.24, 2.45) is 0 Å². The van der Waals surface area contributed by atoms with Gasteiger partial charge >= 0.3 is 0 Å². The van der Waals surface area contributed by atoms with Gasteiger partial charge in [0.2, 0.25) is 0 Å². The minimum absolute atomic E-state index is 0.725. The van der Waals surface area contributed by atoms with E-state index >= 15 is 0 Å². The van der Waals surface area contributed by atoms with Gasteiger partial charge in [0.15, 0.2) is 0 Å². The fourth-order valence-electron chi connectivity index (χ4n) is 1.82. The van der Waals surface area contributed by atoms with E-state index in [1.807, 2.05) is 14.0 Å². The number of nitrogens with zero attached hydrogens (tertiary/aromatic N) is 3. The van der Waals surface area contributed by atoms with Crippen molar-refractivity contribution in [2.45, 2.75) is 20.3 Å². The summed E-state index contributed by atoms with van der Waals surface area (Å²) in [4.78, 5) is 13.3. The van der Waals surface area contributed by atoms with Crippen molar-refractivity contribution in [2.75, 3.05) is 31.7 Å². The molecular formula is C13H19N3OS. The van der Waals surface area contributed by atoms with E-state index in [-0.39, 0.29) is 0 Å². The Morgan fingerprint density at radius 3 is 2.89 bits per heavy atom. The molecule has 5 heteroatoms. The second-order valence-corrected chi connectivity index (χ2v) is 5.22. The molecule has 0 radical (unpaired) electrons. The number of rotatable bonds is 6. The molecule has 0 unspecified atom stereocenters. The first kappa shape index (κ1) is 13.2. The summed E-state index contributed by atoms with van der Waals surface area (Å²) in [7, 11) is 2.05. The van der Waals surface area contributed by atoms with Crippen molar-refractivity contribution in [1.29, 1.82) is 0 Å². The predicted molar refractivity (Wildman–Crippen MR) is 76.6 cm³/mol. The van der Waals surface area contributed by atoms with E-state index in [0.29, 0.717) is 0 Å². The van der Waals surface area contributed by atoms with Gasteiger partial charge < -0.3 is 9.64 Å². The largest absolute Gasteiger partial charge is 0.380 e. The lowest BCUT2D eigenvalue weighted by molar-refractivity contribution is 0.154. The minimum atomic E-state index is 0.725. The quantitative estimate of drug-likeness (QED) is 0.753. The molecule has 2 aromatic rings. The molecule has 2 aromatic heterocycles. The molecule has 0 saturated heterocycles. The number of thiophene rings is 1. The van der Waals surface area contributed by atoms with Crippen LogP contribution in [0.15, 0.2) is 12.4 Å². The molecule has 0 saturated carbocycles. The molecule has 0 bridgehead atoms. The maximum absolute atomic E-state index is 5.38. The molecule has 0 aliphatic heterocycles. The lowest BCUT2D eigenvalue weighted by Gasteiger charge is -2.18. The molecule has 0 aliphatic carbocycles. The maximum Gasteiger partial charge on any atom is 0.140 e. The van der Waals surface area contributed by atoms with Crippen molar-refractivity contribution in [3.8, 4) is 0 Å². The van der Waals surface area contributed by atoms with E-state index in [1.54, 1.807) is 17.7 Å². The van der Waals surface area contributed by atoms with Crippen LogP contribution in [0.4, 0.5) is 5.82 Å². The Bertz CT molecular complexity index is 512. The third-order valence-electron chi connectivity index (χ3n) is 2.84. The van der Waals surface area contributed by atoms with Crippen LogP contribution >= 0.6 is 11.3 Å². The zero-order valence-corrected chi connectivity index (χ0v) is 12.0. The van der Waals surface area contributed by atoms with Crippen LogP contribution in [-0.4, -0.2) is 36.8 Å². The first-order valence-electron chi connectivity index (χ1n) is 6.28. The molecule has 2 heterocycles. The standard InChI is InChI=1S/C13H19N3OS/c1-4-10-8-11-12(14-9-15-13(11)18-10)16(3)6-7-17-5-2/h8-9H,4-7H2,1-3H3.